The number of hydrogen-bond donors (Lipinski definition) is 1. The molecule has 5 heteroatoms. The highest BCUT2D eigenvalue weighted by molar-refractivity contribution is 5.93. The fraction of sp³-hybridized carbons (Fsp3) is 0.333. The largest absolute Gasteiger partial charge is 0.489 e. The molecule has 1 aromatic carbocycles. The van der Waals surface area contributed by atoms with Crippen molar-refractivity contribution in [2.45, 2.75) is 33.3 Å². The molecule has 1 aromatic heterocycles. The lowest BCUT2D eigenvalue weighted by Crippen LogP contribution is -2.16. The molecule has 2 aromatic rings. The Bertz CT molecular complexity index is 590. The summed E-state index contributed by atoms with van der Waals surface area (Å²) in [5.74, 6) is 1.07. The summed E-state index contributed by atoms with van der Waals surface area (Å²) in [7, 11) is 0. The lowest BCUT2D eigenvalue weighted by molar-refractivity contribution is -0.115. The Morgan fingerprint density at radius 3 is 2.80 bits per heavy atom. The van der Waals surface area contributed by atoms with Crippen molar-refractivity contribution in [2.75, 3.05) is 5.32 Å². The van der Waals surface area contributed by atoms with Crippen LogP contribution in [0.15, 0.2) is 35.1 Å². The Hall–Kier alpha value is -2.30. The van der Waals surface area contributed by atoms with E-state index >= 15 is 0 Å². The second-order valence-electron chi connectivity index (χ2n) is 4.75. The fourth-order valence-corrected chi connectivity index (χ4v) is 1.76. The van der Waals surface area contributed by atoms with E-state index in [0.29, 0.717) is 17.2 Å². The standard InChI is InChI=1S/C15H18N2O3/c1-10(2)20-13-7-5-4-6-12(13)17-15(18)8-14-11(3)16-9-19-14/h4-7,9-10H,8H2,1-3H3,(H,17,18). The third-order valence-corrected chi connectivity index (χ3v) is 2.69. The maximum atomic E-state index is 12.0. The first-order chi connectivity index (χ1) is 9.56. The van der Waals surface area contributed by atoms with Gasteiger partial charge in [0.05, 0.1) is 23.9 Å². The Balaban J connectivity index is 2.06. The molecule has 0 saturated carbocycles. The van der Waals surface area contributed by atoms with Crippen molar-refractivity contribution < 1.29 is 13.9 Å². The Kier molecular flexibility index (Phi) is 4.40. The zero-order valence-corrected chi connectivity index (χ0v) is 11.8. The minimum absolute atomic E-state index is 0.0459. The van der Waals surface area contributed by atoms with Crippen molar-refractivity contribution in [1.29, 1.82) is 0 Å². The normalized spacial score (nSPS) is 10.6. The monoisotopic (exact) mass is 274 g/mol. The van der Waals surface area contributed by atoms with Gasteiger partial charge in [-0.1, -0.05) is 12.1 Å². The van der Waals surface area contributed by atoms with Crippen molar-refractivity contribution in [3.05, 3.63) is 42.1 Å². The summed E-state index contributed by atoms with van der Waals surface area (Å²) in [5.41, 5.74) is 1.38. The zero-order valence-electron chi connectivity index (χ0n) is 11.8. The van der Waals surface area contributed by atoms with E-state index in [1.807, 2.05) is 45.0 Å². The number of carbonyl (C=O) groups is 1. The SMILES string of the molecule is Cc1ncoc1CC(=O)Nc1ccccc1OC(C)C. The summed E-state index contributed by atoms with van der Waals surface area (Å²) in [6.45, 7) is 5.69. The maximum Gasteiger partial charge on any atom is 0.232 e. The van der Waals surface area contributed by atoms with Crippen LogP contribution in [0.1, 0.15) is 25.3 Å². The molecule has 0 aliphatic heterocycles. The number of amides is 1. The molecule has 1 amide bonds. The molecule has 0 unspecified atom stereocenters. The molecule has 0 spiro atoms. The number of benzene rings is 1. The van der Waals surface area contributed by atoms with E-state index in [1.165, 1.54) is 6.39 Å². The van der Waals surface area contributed by atoms with E-state index < -0.39 is 0 Å². The van der Waals surface area contributed by atoms with Gasteiger partial charge in [0.1, 0.15) is 11.5 Å². The van der Waals surface area contributed by atoms with Gasteiger partial charge in [-0.25, -0.2) is 4.98 Å². The number of aryl methyl sites for hydroxylation is 1. The van der Waals surface area contributed by atoms with Crippen molar-refractivity contribution in [2.24, 2.45) is 0 Å². The maximum absolute atomic E-state index is 12.0. The lowest BCUT2D eigenvalue weighted by Gasteiger charge is -2.14. The molecule has 0 saturated heterocycles. The van der Waals surface area contributed by atoms with Gasteiger partial charge < -0.3 is 14.5 Å². The van der Waals surface area contributed by atoms with Crippen molar-refractivity contribution >= 4 is 11.6 Å². The van der Waals surface area contributed by atoms with Crippen LogP contribution in [-0.4, -0.2) is 17.0 Å². The number of para-hydroxylation sites is 2. The Morgan fingerprint density at radius 1 is 1.40 bits per heavy atom. The van der Waals surface area contributed by atoms with E-state index in [1.54, 1.807) is 0 Å². The van der Waals surface area contributed by atoms with Crippen LogP contribution in [0.3, 0.4) is 0 Å². The molecule has 20 heavy (non-hydrogen) atoms. The second kappa shape index (κ2) is 6.23. The minimum atomic E-state index is -0.162. The molecular formula is C15H18N2O3. The predicted octanol–water partition coefficient (Wildman–Crippen LogP) is 2.95. The van der Waals surface area contributed by atoms with Crippen LogP contribution in [0.2, 0.25) is 0 Å². The van der Waals surface area contributed by atoms with Gasteiger partial charge in [-0.05, 0) is 32.9 Å². The summed E-state index contributed by atoms with van der Waals surface area (Å²) in [5, 5.41) is 2.83. The Morgan fingerprint density at radius 2 is 2.15 bits per heavy atom. The first-order valence-corrected chi connectivity index (χ1v) is 6.50. The number of hydrogen-bond acceptors (Lipinski definition) is 4. The number of anilines is 1. The summed E-state index contributed by atoms with van der Waals surface area (Å²) < 4.78 is 10.8. The Labute approximate surface area is 118 Å². The number of ether oxygens (including phenoxy) is 1. The van der Waals surface area contributed by atoms with Crippen molar-refractivity contribution in [3.63, 3.8) is 0 Å². The number of carbonyl (C=O) groups excluding carboxylic acids is 1. The number of rotatable bonds is 5. The van der Waals surface area contributed by atoms with E-state index in [2.05, 4.69) is 10.3 Å². The molecule has 1 N–H and O–H groups in total. The molecule has 5 nitrogen and oxygen atoms in total. The van der Waals surface area contributed by atoms with Crippen LogP contribution in [0.25, 0.3) is 0 Å². The van der Waals surface area contributed by atoms with Crippen LogP contribution in [-0.2, 0) is 11.2 Å². The highest BCUT2D eigenvalue weighted by Gasteiger charge is 2.12. The van der Waals surface area contributed by atoms with Crippen LogP contribution < -0.4 is 10.1 Å². The van der Waals surface area contributed by atoms with E-state index in [-0.39, 0.29) is 18.4 Å². The first-order valence-electron chi connectivity index (χ1n) is 6.50. The average Bonchev–Trinajstić information content (AvgIpc) is 2.77. The number of nitrogens with one attached hydrogen (secondary N) is 1. The minimum Gasteiger partial charge on any atom is -0.489 e. The summed E-state index contributed by atoms with van der Waals surface area (Å²) in [6.07, 6.45) is 1.54. The smallest absolute Gasteiger partial charge is 0.232 e. The predicted molar refractivity (Wildman–Crippen MR) is 75.8 cm³/mol. The summed E-state index contributed by atoms with van der Waals surface area (Å²) in [6, 6.07) is 7.36. The molecule has 0 radical (unpaired) electrons. The van der Waals surface area contributed by atoms with Gasteiger partial charge in [-0.15, -0.1) is 0 Å². The molecular weight excluding hydrogens is 256 g/mol. The molecule has 0 fully saturated rings. The zero-order chi connectivity index (χ0) is 14.5. The van der Waals surface area contributed by atoms with E-state index in [9.17, 15) is 4.79 Å². The molecule has 0 atom stereocenters. The number of nitrogens with zero attached hydrogens (tertiary/aromatic N) is 1. The molecule has 2 rings (SSSR count). The second-order valence-corrected chi connectivity index (χ2v) is 4.75. The van der Waals surface area contributed by atoms with Gasteiger partial charge in [0.15, 0.2) is 6.39 Å². The third kappa shape index (κ3) is 3.60. The first kappa shape index (κ1) is 14.1. The average molecular weight is 274 g/mol. The molecule has 0 bridgehead atoms. The third-order valence-electron chi connectivity index (χ3n) is 2.69. The van der Waals surface area contributed by atoms with Gasteiger partial charge in [0.2, 0.25) is 5.91 Å². The van der Waals surface area contributed by atoms with Crippen LogP contribution in [0, 0.1) is 6.92 Å². The fourth-order valence-electron chi connectivity index (χ4n) is 1.76. The van der Waals surface area contributed by atoms with Gasteiger partial charge >= 0.3 is 0 Å². The van der Waals surface area contributed by atoms with Crippen LogP contribution in [0.5, 0.6) is 5.75 Å². The molecule has 0 aliphatic rings. The lowest BCUT2D eigenvalue weighted by atomic mass is 10.2. The van der Waals surface area contributed by atoms with E-state index in [0.717, 1.165) is 5.69 Å². The topological polar surface area (TPSA) is 64.4 Å². The highest BCUT2D eigenvalue weighted by atomic mass is 16.5. The summed E-state index contributed by atoms with van der Waals surface area (Å²) >= 11 is 0. The van der Waals surface area contributed by atoms with Gasteiger partial charge in [0.25, 0.3) is 0 Å². The van der Waals surface area contributed by atoms with Gasteiger partial charge in [0, 0.05) is 0 Å². The van der Waals surface area contributed by atoms with Crippen molar-refractivity contribution in [3.8, 4) is 5.75 Å². The number of aromatic nitrogens is 1. The van der Waals surface area contributed by atoms with Crippen LogP contribution in [0.4, 0.5) is 5.69 Å². The van der Waals surface area contributed by atoms with E-state index in [4.69, 9.17) is 9.15 Å². The highest BCUT2D eigenvalue weighted by Crippen LogP contribution is 2.25. The summed E-state index contributed by atoms with van der Waals surface area (Å²) in [4.78, 5) is 16.0. The van der Waals surface area contributed by atoms with Crippen LogP contribution >= 0.6 is 0 Å². The van der Waals surface area contributed by atoms with Gasteiger partial charge in [-0.2, -0.15) is 0 Å². The van der Waals surface area contributed by atoms with Crippen molar-refractivity contribution in [1.82, 2.24) is 4.98 Å². The quantitative estimate of drug-likeness (QED) is 0.910. The van der Waals surface area contributed by atoms with Gasteiger partial charge in [-0.3, -0.25) is 4.79 Å². The number of oxazole rings is 1. The molecule has 106 valence electrons. The molecule has 0 aliphatic carbocycles. The molecule has 1 heterocycles.